The molecule has 2 rings (SSSR count). The third-order valence-electron chi connectivity index (χ3n) is 1.97. The van der Waals surface area contributed by atoms with Crippen molar-refractivity contribution < 1.29 is 0 Å². The maximum Gasteiger partial charge on any atom is 0.130 e. The summed E-state index contributed by atoms with van der Waals surface area (Å²) in [7, 11) is 0. The van der Waals surface area contributed by atoms with Crippen LogP contribution in [0.1, 0.15) is 12.8 Å². The summed E-state index contributed by atoms with van der Waals surface area (Å²) in [6, 6.07) is 5.87. The van der Waals surface area contributed by atoms with Crippen molar-refractivity contribution in [2.75, 3.05) is 5.32 Å². The SMILES string of the molecule is C1=CCCC(Nc2ccccn2)=C1. The topological polar surface area (TPSA) is 24.9 Å². The van der Waals surface area contributed by atoms with Crippen LogP contribution in [-0.2, 0) is 0 Å². The van der Waals surface area contributed by atoms with Gasteiger partial charge in [-0.3, -0.25) is 0 Å². The summed E-state index contributed by atoms with van der Waals surface area (Å²) in [5, 5.41) is 3.28. The van der Waals surface area contributed by atoms with E-state index in [1.54, 1.807) is 6.20 Å². The quantitative estimate of drug-likeness (QED) is 0.742. The zero-order valence-corrected chi connectivity index (χ0v) is 7.40. The summed E-state index contributed by atoms with van der Waals surface area (Å²) in [6.45, 7) is 0. The van der Waals surface area contributed by atoms with Crippen molar-refractivity contribution in [1.82, 2.24) is 4.98 Å². The lowest BCUT2D eigenvalue weighted by Crippen LogP contribution is -2.02. The second-order valence-corrected chi connectivity index (χ2v) is 3.00. The van der Waals surface area contributed by atoms with Crippen molar-refractivity contribution in [3.8, 4) is 0 Å². The first kappa shape index (κ1) is 8.05. The van der Waals surface area contributed by atoms with Gasteiger partial charge in [0.1, 0.15) is 5.82 Å². The molecule has 66 valence electrons. The van der Waals surface area contributed by atoms with Crippen LogP contribution in [0, 0.1) is 0 Å². The fraction of sp³-hybridized carbons (Fsp3) is 0.182. The second kappa shape index (κ2) is 3.90. The molecule has 2 nitrogen and oxygen atoms in total. The van der Waals surface area contributed by atoms with Gasteiger partial charge in [-0.1, -0.05) is 18.2 Å². The van der Waals surface area contributed by atoms with Crippen LogP contribution in [-0.4, -0.2) is 4.98 Å². The highest BCUT2D eigenvalue weighted by Gasteiger charge is 1.99. The average molecular weight is 172 g/mol. The van der Waals surface area contributed by atoms with Crippen LogP contribution in [0.4, 0.5) is 5.82 Å². The van der Waals surface area contributed by atoms with Crippen molar-refractivity contribution in [3.63, 3.8) is 0 Å². The molecule has 0 aromatic carbocycles. The number of allylic oxidation sites excluding steroid dienone is 4. The fourth-order valence-corrected chi connectivity index (χ4v) is 1.31. The number of aromatic nitrogens is 1. The van der Waals surface area contributed by atoms with Gasteiger partial charge in [0.25, 0.3) is 0 Å². The third kappa shape index (κ3) is 2.18. The Morgan fingerprint density at radius 2 is 2.31 bits per heavy atom. The van der Waals surface area contributed by atoms with Gasteiger partial charge in [0.05, 0.1) is 0 Å². The van der Waals surface area contributed by atoms with Gasteiger partial charge in [-0.2, -0.15) is 0 Å². The average Bonchev–Trinajstić information content (AvgIpc) is 2.21. The Balaban J connectivity index is 2.06. The molecule has 0 radical (unpaired) electrons. The molecule has 1 aliphatic rings. The molecule has 0 amide bonds. The van der Waals surface area contributed by atoms with E-state index >= 15 is 0 Å². The van der Waals surface area contributed by atoms with Crippen molar-refractivity contribution >= 4 is 5.82 Å². The monoisotopic (exact) mass is 172 g/mol. The maximum atomic E-state index is 4.20. The number of nitrogens with one attached hydrogen (secondary N) is 1. The largest absolute Gasteiger partial charge is 0.344 e. The van der Waals surface area contributed by atoms with Gasteiger partial charge in [0, 0.05) is 11.9 Å². The van der Waals surface area contributed by atoms with Gasteiger partial charge in [-0.25, -0.2) is 4.98 Å². The molecule has 2 heteroatoms. The Kier molecular flexibility index (Phi) is 2.41. The number of nitrogens with zero attached hydrogens (tertiary/aromatic N) is 1. The third-order valence-corrected chi connectivity index (χ3v) is 1.97. The number of rotatable bonds is 2. The molecular formula is C11H12N2. The zero-order valence-electron chi connectivity index (χ0n) is 7.40. The molecule has 0 unspecified atom stereocenters. The minimum absolute atomic E-state index is 0.920. The summed E-state index contributed by atoms with van der Waals surface area (Å²) in [5.41, 5.74) is 1.24. The van der Waals surface area contributed by atoms with Crippen molar-refractivity contribution in [1.29, 1.82) is 0 Å². The Labute approximate surface area is 78.0 Å². The number of anilines is 1. The molecule has 1 N–H and O–H groups in total. The molecular weight excluding hydrogens is 160 g/mol. The lowest BCUT2D eigenvalue weighted by atomic mass is 10.1. The standard InChI is InChI=1S/C11H12N2/c1-2-6-10(7-3-1)13-11-8-4-5-9-12-11/h1-2,4-6,8-9H,3,7H2,(H,12,13). The first-order chi connectivity index (χ1) is 6.45. The summed E-state index contributed by atoms with van der Waals surface area (Å²) in [4.78, 5) is 4.20. The minimum atomic E-state index is 0.920. The van der Waals surface area contributed by atoms with E-state index in [1.807, 2.05) is 18.2 Å². The Morgan fingerprint density at radius 1 is 1.31 bits per heavy atom. The van der Waals surface area contributed by atoms with Crippen molar-refractivity contribution in [3.05, 3.63) is 48.3 Å². The van der Waals surface area contributed by atoms with E-state index in [4.69, 9.17) is 0 Å². The predicted octanol–water partition coefficient (Wildman–Crippen LogP) is 2.73. The van der Waals surface area contributed by atoms with Gasteiger partial charge in [0.2, 0.25) is 0 Å². The number of hydrogen-bond acceptors (Lipinski definition) is 2. The number of hydrogen-bond donors (Lipinski definition) is 1. The summed E-state index contributed by atoms with van der Waals surface area (Å²) in [5.74, 6) is 0.920. The first-order valence-electron chi connectivity index (χ1n) is 4.49. The van der Waals surface area contributed by atoms with E-state index in [9.17, 15) is 0 Å². The van der Waals surface area contributed by atoms with Gasteiger partial charge in [-0.15, -0.1) is 0 Å². The van der Waals surface area contributed by atoms with Crippen molar-refractivity contribution in [2.24, 2.45) is 0 Å². The van der Waals surface area contributed by atoms with Crippen LogP contribution >= 0.6 is 0 Å². The number of pyridine rings is 1. The van der Waals surface area contributed by atoms with E-state index in [0.717, 1.165) is 18.7 Å². The normalized spacial score (nSPS) is 15.2. The van der Waals surface area contributed by atoms with Gasteiger partial charge >= 0.3 is 0 Å². The van der Waals surface area contributed by atoms with Crippen LogP contribution in [0.25, 0.3) is 0 Å². The molecule has 0 spiro atoms. The Morgan fingerprint density at radius 3 is 3.00 bits per heavy atom. The molecule has 0 aliphatic heterocycles. The molecule has 0 saturated carbocycles. The van der Waals surface area contributed by atoms with E-state index < -0.39 is 0 Å². The molecule has 0 fully saturated rings. The van der Waals surface area contributed by atoms with Crippen LogP contribution in [0.15, 0.2) is 48.3 Å². The minimum Gasteiger partial charge on any atom is -0.344 e. The van der Waals surface area contributed by atoms with E-state index in [0.29, 0.717) is 0 Å². The van der Waals surface area contributed by atoms with Crippen LogP contribution in [0.2, 0.25) is 0 Å². The van der Waals surface area contributed by atoms with E-state index in [2.05, 4.69) is 28.5 Å². The highest BCUT2D eigenvalue weighted by Crippen LogP contribution is 2.13. The van der Waals surface area contributed by atoms with Crippen LogP contribution in [0.5, 0.6) is 0 Å². The lowest BCUT2D eigenvalue weighted by molar-refractivity contribution is 0.962. The second-order valence-electron chi connectivity index (χ2n) is 3.00. The first-order valence-corrected chi connectivity index (χ1v) is 4.49. The smallest absolute Gasteiger partial charge is 0.130 e. The van der Waals surface area contributed by atoms with Gasteiger partial charge in [0.15, 0.2) is 0 Å². The summed E-state index contributed by atoms with van der Waals surface area (Å²) < 4.78 is 0. The molecule has 0 atom stereocenters. The fourth-order valence-electron chi connectivity index (χ4n) is 1.31. The Bertz CT molecular complexity index is 325. The highest BCUT2D eigenvalue weighted by atomic mass is 15.0. The van der Waals surface area contributed by atoms with Crippen LogP contribution < -0.4 is 5.32 Å². The molecule has 1 aromatic heterocycles. The maximum absolute atomic E-state index is 4.20. The van der Waals surface area contributed by atoms with Gasteiger partial charge < -0.3 is 5.32 Å². The van der Waals surface area contributed by atoms with E-state index in [1.165, 1.54) is 5.70 Å². The molecule has 13 heavy (non-hydrogen) atoms. The summed E-state index contributed by atoms with van der Waals surface area (Å²) in [6.07, 6.45) is 10.3. The Hall–Kier alpha value is -1.57. The zero-order chi connectivity index (χ0) is 8.93. The van der Waals surface area contributed by atoms with Crippen molar-refractivity contribution in [2.45, 2.75) is 12.8 Å². The van der Waals surface area contributed by atoms with Gasteiger partial charge in [-0.05, 0) is 31.1 Å². The van der Waals surface area contributed by atoms with E-state index in [-0.39, 0.29) is 0 Å². The highest BCUT2D eigenvalue weighted by molar-refractivity contribution is 5.42. The predicted molar refractivity (Wildman–Crippen MR) is 54.3 cm³/mol. The molecule has 1 aliphatic carbocycles. The molecule has 1 aromatic rings. The molecule has 0 bridgehead atoms. The summed E-state index contributed by atoms with van der Waals surface area (Å²) >= 11 is 0. The molecule has 0 saturated heterocycles. The van der Waals surface area contributed by atoms with Crippen LogP contribution in [0.3, 0.4) is 0 Å². The lowest BCUT2D eigenvalue weighted by Gasteiger charge is -2.10. The molecule has 1 heterocycles.